The second-order valence-corrected chi connectivity index (χ2v) is 17.8. The Morgan fingerprint density at radius 1 is 0.923 bits per heavy atom. The van der Waals surface area contributed by atoms with Gasteiger partial charge in [-0.2, -0.15) is 0 Å². The number of hydrogen-bond acceptors (Lipinski definition) is 13. The average Bonchev–Trinajstić information content (AvgIpc) is 3.90. The minimum atomic E-state index is -2.06. The van der Waals surface area contributed by atoms with E-state index in [-0.39, 0.29) is 43.8 Å². The Kier molecular flexibility index (Phi) is 14.7. The molecule has 14 nitrogen and oxygen atoms in total. The Balaban J connectivity index is 1.63. The van der Waals surface area contributed by atoms with Crippen molar-refractivity contribution >= 4 is 40.2 Å². The van der Waals surface area contributed by atoms with Gasteiger partial charge < -0.3 is 49.4 Å². The average molecular weight is 895 g/mol. The van der Waals surface area contributed by atoms with Crippen LogP contribution in [0.3, 0.4) is 0 Å². The highest BCUT2D eigenvalue weighted by Crippen LogP contribution is 2.50. The van der Waals surface area contributed by atoms with E-state index < -0.39 is 88.8 Å². The fourth-order valence-electron chi connectivity index (χ4n) is 9.16. The number of esters is 1. The van der Waals surface area contributed by atoms with Crippen LogP contribution < -0.4 is 15.3 Å². The molecule has 4 aliphatic heterocycles. The number of rotatable bonds is 5. The first-order valence-corrected chi connectivity index (χ1v) is 22.1. The monoisotopic (exact) mass is 894 g/mol. The van der Waals surface area contributed by atoms with E-state index in [1.807, 2.05) is 31.2 Å². The van der Waals surface area contributed by atoms with Crippen molar-refractivity contribution in [2.75, 3.05) is 20.2 Å². The molecule has 1 amide bonds. The molecule has 14 heteroatoms. The van der Waals surface area contributed by atoms with E-state index in [1.54, 1.807) is 45.9 Å². The number of benzene rings is 3. The molecule has 1 fully saturated rings. The number of methoxy groups -OCH3 is 1. The Labute approximate surface area is 379 Å². The molecular weight excluding hydrogens is 833 g/mol. The van der Waals surface area contributed by atoms with Crippen molar-refractivity contribution in [3.63, 3.8) is 0 Å². The molecule has 0 spiro atoms. The van der Waals surface area contributed by atoms with Crippen molar-refractivity contribution in [1.82, 2.24) is 4.90 Å². The summed E-state index contributed by atoms with van der Waals surface area (Å²) in [5.41, 5.74) is 2.76. The third-order valence-electron chi connectivity index (χ3n) is 13.1. The molecule has 9 atom stereocenters. The van der Waals surface area contributed by atoms with Gasteiger partial charge in [-0.25, -0.2) is 4.99 Å². The van der Waals surface area contributed by atoms with E-state index in [2.05, 4.69) is 9.89 Å². The van der Waals surface area contributed by atoms with Gasteiger partial charge in [0.1, 0.15) is 28.7 Å². The molecule has 5 N–H and O–H groups in total. The summed E-state index contributed by atoms with van der Waals surface area (Å²) in [5.74, 6) is -8.54. The number of fused-ring (bicyclic) bond motifs is 14. The number of amides is 1. The number of phenolic OH excluding ortho intramolecular Hbond substituents is 3. The van der Waals surface area contributed by atoms with Crippen LogP contribution in [0.5, 0.6) is 23.0 Å². The van der Waals surface area contributed by atoms with Crippen LogP contribution in [0.4, 0.5) is 0 Å². The maximum atomic E-state index is 14.7. The maximum Gasteiger partial charge on any atom is 0.312 e. The summed E-state index contributed by atoms with van der Waals surface area (Å²) >= 11 is 0. The van der Waals surface area contributed by atoms with Gasteiger partial charge >= 0.3 is 11.8 Å². The molecule has 348 valence electrons. The maximum absolute atomic E-state index is 14.7. The molecule has 7 rings (SSSR count). The van der Waals surface area contributed by atoms with Crippen LogP contribution in [-0.2, 0) is 23.8 Å². The van der Waals surface area contributed by atoms with E-state index in [4.69, 9.17) is 18.9 Å². The van der Waals surface area contributed by atoms with Crippen molar-refractivity contribution < 1.29 is 58.9 Å². The van der Waals surface area contributed by atoms with E-state index in [0.717, 1.165) is 42.8 Å². The van der Waals surface area contributed by atoms with Crippen LogP contribution in [-0.4, -0.2) is 98.5 Å². The largest absolute Gasteiger partial charge is 0.507 e. The second kappa shape index (κ2) is 19.6. The zero-order valence-electron chi connectivity index (χ0n) is 38.8. The van der Waals surface area contributed by atoms with Crippen LogP contribution in [0.15, 0.2) is 71.5 Å². The Morgan fingerprint density at radius 3 is 2.26 bits per heavy atom. The van der Waals surface area contributed by atoms with Gasteiger partial charge in [0, 0.05) is 85.2 Å². The number of nitrogens with zero attached hydrogens (tertiary/aromatic N) is 2. The van der Waals surface area contributed by atoms with E-state index in [1.165, 1.54) is 59.3 Å². The van der Waals surface area contributed by atoms with E-state index >= 15 is 0 Å². The Bertz CT molecular complexity index is 2610. The molecule has 5 bridgehead atoms. The van der Waals surface area contributed by atoms with Crippen molar-refractivity contribution in [3.05, 3.63) is 99.3 Å². The molecule has 0 aromatic heterocycles. The number of Topliss-reactive ketones (excluding diaryl/α,β-unsaturated/α-hetero) is 1. The third-order valence-corrected chi connectivity index (χ3v) is 13.1. The summed E-state index contributed by atoms with van der Waals surface area (Å²) in [6, 6.07) is 7.94. The summed E-state index contributed by atoms with van der Waals surface area (Å²) < 4.78 is 23.8. The van der Waals surface area contributed by atoms with Crippen molar-refractivity contribution in [2.45, 2.75) is 105 Å². The standard InChI is InChI=1S/C51H62N2O12/c1-26-15-13-18-34(25-26)36(53-22-11-12-23-53)20-19-35-41-46(59)39-38(45(35)58)40-48(32(7)44(39)57)65-51(9,49(40)60)63-24-21-37(62-10)29(4)47(64-33(8)54)31(6)43(56)30(5)42(55)27(2)16-14-17-28(3)50(61)52-41/h13-21,24-25,27,29-31,37,42-43,47,55-59H,11-12,22-23H2,1-10H3/b16-14-,24-21?,28-17-,35-19+,36-20-,52-41?/t27-,29+,30+,31+,37-,42-,43+,47+,51-/m0/s1. The lowest BCUT2D eigenvalue weighted by molar-refractivity contribution is -0.160. The molecule has 4 heterocycles. The number of aliphatic hydroxyl groups excluding tert-OH is 2. The fraction of sp³-hybridized carbons (Fsp3) is 0.451. The number of aliphatic hydroxyl groups is 2. The van der Waals surface area contributed by atoms with Gasteiger partial charge in [0.05, 0.1) is 35.5 Å². The van der Waals surface area contributed by atoms with Crippen LogP contribution in [0.1, 0.15) is 88.4 Å². The zero-order valence-corrected chi connectivity index (χ0v) is 38.8. The minimum absolute atomic E-state index is 0.0500. The number of phenols is 3. The first-order valence-electron chi connectivity index (χ1n) is 22.1. The summed E-state index contributed by atoms with van der Waals surface area (Å²) in [5, 5.41) is 58.4. The Hall–Kier alpha value is -5.96. The molecule has 0 saturated carbocycles. The number of aryl methyl sites for hydroxylation is 1. The van der Waals surface area contributed by atoms with Crippen LogP contribution in [0, 0.1) is 37.5 Å². The van der Waals surface area contributed by atoms with Gasteiger partial charge in [-0.1, -0.05) is 69.7 Å². The molecule has 65 heavy (non-hydrogen) atoms. The number of carbonyl (C=O) groups is 3. The Morgan fingerprint density at radius 2 is 1.62 bits per heavy atom. The second-order valence-electron chi connectivity index (χ2n) is 17.8. The van der Waals surface area contributed by atoms with Crippen LogP contribution >= 0.6 is 0 Å². The number of allylic oxidation sites excluding steroid dienone is 3. The predicted molar refractivity (Wildman–Crippen MR) is 245 cm³/mol. The molecule has 3 aromatic carbocycles. The number of ether oxygens (including phenoxy) is 4. The smallest absolute Gasteiger partial charge is 0.312 e. The quantitative estimate of drug-likeness (QED) is 0.143. The van der Waals surface area contributed by atoms with Gasteiger partial charge in [-0.3, -0.25) is 14.4 Å². The molecule has 1 saturated heterocycles. The van der Waals surface area contributed by atoms with Crippen molar-refractivity contribution in [2.24, 2.45) is 28.7 Å². The van der Waals surface area contributed by atoms with Gasteiger partial charge in [-0.05, 0) is 63.5 Å². The first kappa shape index (κ1) is 48.5. The van der Waals surface area contributed by atoms with Crippen LogP contribution in [0.25, 0.3) is 22.5 Å². The lowest BCUT2D eigenvalue weighted by Gasteiger charge is -2.38. The molecule has 0 aliphatic carbocycles. The highest BCUT2D eigenvalue weighted by molar-refractivity contribution is 6.20. The first-order chi connectivity index (χ1) is 30.7. The number of aromatic hydroxyl groups is 3. The van der Waals surface area contributed by atoms with Gasteiger partial charge in [0.25, 0.3) is 11.7 Å². The van der Waals surface area contributed by atoms with Gasteiger partial charge in [0.2, 0.25) is 0 Å². The molecule has 3 aromatic rings. The molecule has 0 unspecified atom stereocenters. The summed E-state index contributed by atoms with van der Waals surface area (Å²) in [7, 11) is 1.44. The van der Waals surface area contributed by atoms with Gasteiger partial charge in [-0.15, -0.1) is 0 Å². The summed E-state index contributed by atoms with van der Waals surface area (Å²) in [6.07, 6.45) is 8.80. The SMILES string of the molecule is CO[C@H]1C=CO[C@@]2(C)Oc3c(C)c(O)c4c(O)c(/c(=C\C=C(\c5cccc(C)c5)N5CCCC5)c(O)c4c3C2=O)=NC(=O)/C(C)=C\C=C/[C@H](C)[C@H](O)[C@@H](C)[C@@H](O)[C@@H](C)[C@H](OC(C)=O)[C@@H]1C. The number of ketones is 1. The van der Waals surface area contributed by atoms with E-state index in [9.17, 15) is 39.9 Å². The lowest BCUT2D eigenvalue weighted by Crippen LogP contribution is -2.46. The normalized spacial score (nSPS) is 29.7. The topological polar surface area (TPSA) is 205 Å². The molecule has 4 aliphatic rings. The highest BCUT2D eigenvalue weighted by Gasteiger charge is 2.49. The number of carbonyl (C=O) groups excluding carboxylic acids is 3. The molecular formula is C51H62N2O12. The van der Waals surface area contributed by atoms with Crippen LogP contribution in [0.2, 0.25) is 0 Å². The van der Waals surface area contributed by atoms with Gasteiger partial charge in [0.15, 0.2) is 5.75 Å². The predicted octanol–water partition coefficient (Wildman–Crippen LogP) is 6.19. The summed E-state index contributed by atoms with van der Waals surface area (Å²) in [6.45, 7) is 16.1. The van der Waals surface area contributed by atoms with E-state index in [0.29, 0.717) is 0 Å². The highest BCUT2D eigenvalue weighted by atomic mass is 16.7. The summed E-state index contributed by atoms with van der Waals surface area (Å²) in [4.78, 5) is 47.6. The minimum Gasteiger partial charge on any atom is -0.507 e. The third kappa shape index (κ3) is 9.57. The number of likely N-dealkylation sites (tertiary alicyclic amines) is 1. The van der Waals surface area contributed by atoms with Crippen molar-refractivity contribution in [3.8, 4) is 23.0 Å². The lowest BCUT2D eigenvalue weighted by atomic mass is 9.78. The number of hydrogen-bond donors (Lipinski definition) is 5. The fourth-order valence-corrected chi connectivity index (χ4v) is 9.16. The molecule has 0 radical (unpaired) electrons. The zero-order chi connectivity index (χ0) is 47.7. The van der Waals surface area contributed by atoms with Crippen molar-refractivity contribution in [1.29, 1.82) is 0 Å².